The zero-order valence-electron chi connectivity index (χ0n) is 14.6. The van der Waals surface area contributed by atoms with Crippen LogP contribution in [0.5, 0.6) is 0 Å². The van der Waals surface area contributed by atoms with E-state index in [4.69, 9.17) is 9.15 Å². The van der Waals surface area contributed by atoms with E-state index in [1.54, 1.807) is 0 Å². The summed E-state index contributed by atoms with van der Waals surface area (Å²) >= 11 is 0. The van der Waals surface area contributed by atoms with E-state index in [1.165, 1.54) is 24.3 Å². The standard InChI is InChI=1S/C20H17FN2O4/c1-13-3-2-4-15(11-13)20-23-22-18(27-20)12-26-19(25)10-9-17(24)14-5-7-16(21)8-6-14/h2-8,11H,9-10,12H2,1H3. The molecule has 3 rings (SSSR count). The molecule has 138 valence electrons. The average Bonchev–Trinajstić information content (AvgIpc) is 3.14. The second-order valence-corrected chi connectivity index (χ2v) is 5.96. The van der Waals surface area contributed by atoms with Crippen LogP contribution in [0.3, 0.4) is 0 Å². The van der Waals surface area contributed by atoms with Crippen LogP contribution in [0.1, 0.15) is 34.7 Å². The summed E-state index contributed by atoms with van der Waals surface area (Å²) < 4.78 is 23.4. The second-order valence-electron chi connectivity index (χ2n) is 5.96. The monoisotopic (exact) mass is 368 g/mol. The maximum Gasteiger partial charge on any atom is 0.306 e. The third kappa shape index (κ3) is 5.07. The molecule has 7 heteroatoms. The van der Waals surface area contributed by atoms with Crippen molar-refractivity contribution in [1.29, 1.82) is 0 Å². The number of aromatic nitrogens is 2. The highest BCUT2D eigenvalue weighted by Crippen LogP contribution is 2.19. The predicted molar refractivity (Wildman–Crippen MR) is 94.2 cm³/mol. The lowest BCUT2D eigenvalue weighted by molar-refractivity contribution is -0.145. The maximum absolute atomic E-state index is 12.9. The number of hydrogen-bond donors (Lipinski definition) is 0. The largest absolute Gasteiger partial charge is 0.456 e. The van der Waals surface area contributed by atoms with Crippen molar-refractivity contribution < 1.29 is 23.1 Å². The molecule has 2 aromatic carbocycles. The van der Waals surface area contributed by atoms with Crippen molar-refractivity contribution in [2.24, 2.45) is 0 Å². The van der Waals surface area contributed by atoms with Crippen molar-refractivity contribution in [3.05, 3.63) is 71.4 Å². The Morgan fingerprint density at radius 2 is 1.85 bits per heavy atom. The van der Waals surface area contributed by atoms with Gasteiger partial charge in [-0.25, -0.2) is 4.39 Å². The number of halogens is 1. The van der Waals surface area contributed by atoms with Crippen LogP contribution in [-0.2, 0) is 16.1 Å². The van der Waals surface area contributed by atoms with Gasteiger partial charge in [-0.05, 0) is 43.3 Å². The molecule has 1 heterocycles. The predicted octanol–water partition coefficient (Wildman–Crippen LogP) is 3.89. The molecule has 0 amide bonds. The summed E-state index contributed by atoms with van der Waals surface area (Å²) in [5, 5.41) is 7.78. The first-order valence-electron chi connectivity index (χ1n) is 8.35. The van der Waals surface area contributed by atoms with E-state index in [-0.39, 0.29) is 31.1 Å². The van der Waals surface area contributed by atoms with Crippen molar-refractivity contribution >= 4 is 11.8 Å². The Morgan fingerprint density at radius 3 is 2.59 bits per heavy atom. The molecule has 0 aliphatic heterocycles. The van der Waals surface area contributed by atoms with Crippen LogP contribution in [-0.4, -0.2) is 21.9 Å². The number of rotatable bonds is 7. The number of ether oxygens (including phenoxy) is 1. The summed E-state index contributed by atoms with van der Waals surface area (Å²) in [6.07, 6.45) is -0.113. The number of benzene rings is 2. The molecule has 6 nitrogen and oxygen atoms in total. The van der Waals surface area contributed by atoms with Gasteiger partial charge < -0.3 is 9.15 Å². The number of carbonyl (C=O) groups is 2. The van der Waals surface area contributed by atoms with Crippen LogP contribution in [0, 0.1) is 12.7 Å². The molecule has 0 aliphatic carbocycles. The minimum atomic E-state index is -0.555. The summed E-state index contributed by atoms with van der Waals surface area (Å²) in [4.78, 5) is 23.8. The fourth-order valence-corrected chi connectivity index (χ4v) is 2.42. The highest BCUT2D eigenvalue weighted by atomic mass is 19.1. The number of Topliss-reactive ketones (excluding diaryl/α,β-unsaturated/α-hetero) is 1. The Labute approximate surface area is 155 Å². The van der Waals surface area contributed by atoms with Gasteiger partial charge in [0.25, 0.3) is 5.89 Å². The van der Waals surface area contributed by atoms with E-state index in [0.29, 0.717) is 11.5 Å². The summed E-state index contributed by atoms with van der Waals surface area (Å²) in [6.45, 7) is 1.79. The molecule has 0 saturated heterocycles. The SMILES string of the molecule is Cc1cccc(-c2nnc(COC(=O)CCC(=O)c3ccc(F)cc3)o2)c1. The van der Waals surface area contributed by atoms with Gasteiger partial charge in [-0.15, -0.1) is 10.2 Å². The quantitative estimate of drug-likeness (QED) is 0.465. The van der Waals surface area contributed by atoms with E-state index < -0.39 is 11.8 Å². The van der Waals surface area contributed by atoms with Crippen LogP contribution in [0.15, 0.2) is 52.9 Å². The molecule has 0 aliphatic rings. The number of carbonyl (C=O) groups excluding carboxylic acids is 2. The van der Waals surface area contributed by atoms with Gasteiger partial charge in [0.1, 0.15) is 5.82 Å². The molecule has 0 bridgehead atoms. The van der Waals surface area contributed by atoms with Crippen molar-refractivity contribution in [1.82, 2.24) is 10.2 Å². The highest BCUT2D eigenvalue weighted by molar-refractivity contribution is 5.97. The molecule has 27 heavy (non-hydrogen) atoms. The molecule has 3 aromatic rings. The number of esters is 1. The molecule has 0 spiro atoms. The molecular formula is C20H17FN2O4. The van der Waals surface area contributed by atoms with Crippen LogP contribution < -0.4 is 0 Å². The van der Waals surface area contributed by atoms with Crippen LogP contribution in [0.2, 0.25) is 0 Å². The molecule has 1 aromatic heterocycles. The highest BCUT2D eigenvalue weighted by Gasteiger charge is 2.13. The summed E-state index contributed by atoms with van der Waals surface area (Å²) in [6, 6.07) is 12.8. The first-order chi connectivity index (χ1) is 13.0. The smallest absolute Gasteiger partial charge is 0.306 e. The van der Waals surface area contributed by atoms with Gasteiger partial charge in [0.2, 0.25) is 5.89 Å². The summed E-state index contributed by atoms with van der Waals surface area (Å²) in [5.41, 5.74) is 2.19. The Bertz CT molecular complexity index is 951. The molecule has 0 N–H and O–H groups in total. The summed E-state index contributed by atoms with van der Waals surface area (Å²) in [5.74, 6) is -0.719. The van der Waals surface area contributed by atoms with E-state index in [9.17, 15) is 14.0 Å². The van der Waals surface area contributed by atoms with Crippen LogP contribution >= 0.6 is 0 Å². The van der Waals surface area contributed by atoms with Crippen LogP contribution in [0.25, 0.3) is 11.5 Å². The average molecular weight is 368 g/mol. The maximum atomic E-state index is 12.9. The topological polar surface area (TPSA) is 82.3 Å². The third-order valence-corrected chi connectivity index (χ3v) is 3.81. The van der Waals surface area contributed by atoms with Gasteiger partial charge in [0, 0.05) is 17.5 Å². The number of hydrogen-bond acceptors (Lipinski definition) is 6. The Kier molecular flexibility index (Phi) is 5.71. The molecule has 0 radical (unpaired) electrons. The fraction of sp³-hybridized carbons (Fsp3) is 0.200. The van der Waals surface area contributed by atoms with E-state index in [0.717, 1.165) is 11.1 Å². The lowest BCUT2D eigenvalue weighted by Gasteiger charge is -2.02. The first-order valence-corrected chi connectivity index (χ1v) is 8.35. The molecule has 0 atom stereocenters. The number of aryl methyl sites for hydroxylation is 1. The first kappa shape index (κ1) is 18.4. The summed E-state index contributed by atoms with van der Waals surface area (Å²) in [7, 11) is 0. The molecular weight excluding hydrogens is 351 g/mol. The van der Waals surface area contributed by atoms with Crippen molar-refractivity contribution in [3.63, 3.8) is 0 Å². The fourth-order valence-electron chi connectivity index (χ4n) is 2.42. The lowest BCUT2D eigenvalue weighted by Crippen LogP contribution is -2.08. The zero-order chi connectivity index (χ0) is 19.2. The Balaban J connectivity index is 1.48. The minimum Gasteiger partial charge on any atom is -0.456 e. The van der Waals surface area contributed by atoms with Crippen molar-refractivity contribution in [3.8, 4) is 11.5 Å². The zero-order valence-corrected chi connectivity index (χ0v) is 14.6. The van der Waals surface area contributed by atoms with Gasteiger partial charge in [0.15, 0.2) is 12.4 Å². The number of nitrogens with zero attached hydrogens (tertiary/aromatic N) is 2. The lowest BCUT2D eigenvalue weighted by atomic mass is 10.1. The van der Waals surface area contributed by atoms with E-state index in [1.807, 2.05) is 31.2 Å². The molecule has 0 saturated carbocycles. The Morgan fingerprint density at radius 1 is 1.07 bits per heavy atom. The van der Waals surface area contributed by atoms with Gasteiger partial charge in [0.05, 0.1) is 6.42 Å². The minimum absolute atomic E-state index is 0.0250. The van der Waals surface area contributed by atoms with Gasteiger partial charge in [-0.1, -0.05) is 17.7 Å². The van der Waals surface area contributed by atoms with E-state index >= 15 is 0 Å². The Hall–Kier alpha value is -3.35. The van der Waals surface area contributed by atoms with Gasteiger partial charge >= 0.3 is 5.97 Å². The van der Waals surface area contributed by atoms with Gasteiger partial charge in [-0.3, -0.25) is 9.59 Å². The van der Waals surface area contributed by atoms with Gasteiger partial charge in [-0.2, -0.15) is 0 Å². The number of ketones is 1. The van der Waals surface area contributed by atoms with Crippen molar-refractivity contribution in [2.75, 3.05) is 0 Å². The molecule has 0 fully saturated rings. The molecule has 0 unspecified atom stereocenters. The second kappa shape index (κ2) is 8.35. The third-order valence-electron chi connectivity index (χ3n) is 3.81. The van der Waals surface area contributed by atoms with Crippen LogP contribution in [0.4, 0.5) is 4.39 Å². The van der Waals surface area contributed by atoms with Crippen molar-refractivity contribution in [2.45, 2.75) is 26.4 Å². The van der Waals surface area contributed by atoms with E-state index in [2.05, 4.69) is 10.2 Å². The normalized spacial score (nSPS) is 10.6.